The number of hydrogen-bond acceptors (Lipinski definition) is 7. The largest absolute Gasteiger partial charge is 0.464 e. The summed E-state index contributed by atoms with van der Waals surface area (Å²) in [7, 11) is 0. The lowest BCUT2D eigenvalue weighted by Crippen LogP contribution is -2.45. The van der Waals surface area contributed by atoms with Gasteiger partial charge >= 0.3 is 5.97 Å². The lowest BCUT2D eigenvalue weighted by molar-refractivity contribution is -0.144. The molecule has 174 valence electrons. The SMILES string of the molecule is CCOC(=O)C1CSC2=C(CC(C)(C)C/C2=N\c2cccc3c2C(=O)c2ccccc2C3=O)N1. The third-order valence-electron chi connectivity index (χ3n) is 6.34. The van der Waals surface area contributed by atoms with Gasteiger partial charge < -0.3 is 10.1 Å². The van der Waals surface area contributed by atoms with Crippen LogP contribution >= 0.6 is 11.8 Å². The van der Waals surface area contributed by atoms with Crippen LogP contribution in [0.5, 0.6) is 0 Å². The van der Waals surface area contributed by atoms with Crippen molar-refractivity contribution in [3.8, 4) is 0 Å². The molecule has 0 radical (unpaired) electrons. The van der Waals surface area contributed by atoms with Crippen molar-refractivity contribution in [1.29, 1.82) is 0 Å². The van der Waals surface area contributed by atoms with Crippen molar-refractivity contribution in [2.24, 2.45) is 10.4 Å². The molecule has 1 aliphatic heterocycles. The zero-order valence-electron chi connectivity index (χ0n) is 19.4. The van der Waals surface area contributed by atoms with E-state index in [4.69, 9.17) is 9.73 Å². The minimum absolute atomic E-state index is 0.0803. The summed E-state index contributed by atoms with van der Waals surface area (Å²) in [6.45, 7) is 6.48. The van der Waals surface area contributed by atoms with Crippen molar-refractivity contribution in [2.45, 2.75) is 39.7 Å². The first-order valence-electron chi connectivity index (χ1n) is 11.5. The van der Waals surface area contributed by atoms with Crippen LogP contribution in [0.1, 0.15) is 65.5 Å². The first-order valence-corrected chi connectivity index (χ1v) is 12.5. The molecule has 0 bridgehead atoms. The predicted molar refractivity (Wildman–Crippen MR) is 133 cm³/mol. The fraction of sp³-hybridized carbons (Fsp3) is 0.333. The molecule has 2 aromatic carbocycles. The van der Waals surface area contributed by atoms with Gasteiger partial charge in [-0.15, -0.1) is 11.8 Å². The zero-order chi connectivity index (χ0) is 24.0. The van der Waals surface area contributed by atoms with Crippen LogP contribution in [-0.2, 0) is 9.53 Å². The number of rotatable bonds is 3. The average molecular weight is 475 g/mol. The van der Waals surface area contributed by atoms with Gasteiger partial charge in [-0.25, -0.2) is 4.79 Å². The van der Waals surface area contributed by atoms with Crippen molar-refractivity contribution in [3.63, 3.8) is 0 Å². The molecule has 6 nitrogen and oxygen atoms in total. The van der Waals surface area contributed by atoms with Crippen molar-refractivity contribution < 1.29 is 19.1 Å². The van der Waals surface area contributed by atoms with E-state index in [-0.39, 0.29) is 29.0 Å². The molecule has 7 heteroatoms. The van der Waals surface area contributed by atoms with E-state index in [1.165, 1.54) is 0 Å². The lowest BCUT2D eigenvalue weighted by atomic mass is 9.78. The van der Waals surface area contributed by atoms with Crippen molar-refractivity contribution in [2.75, 3.05) is 12.4 Å². The number of hydrogen-bond donors (Lipinski definition) is 1. The topological polar surface area (TPSA) is 84.8 Å². The Morgan fingerprint density at radius 1 is 1.06 bits per heavy atom. The van der Waals surface area contributed by atoms with E-state index in [1.54, 1.807) is 61.2 Å². The summed E-state index contributed by atoms with van der Waals surface area (Å²) in [5.74, 6) is -0.0221. The molecule has 5 rings (SSSR count). The van der Waals surface area contributed by atoms with Crippen LogP contribution in [0.4, 0.5) is 5.69 Å². The molecule has 2 aliphatic carbocycles. The molecule has 0 saturated carbocycles. The van der Waals surface area contributed by atoms with Crippen LogP contribution in [0.15, 0.2) is 58.1 Å². The molecule has 3 aliphatic rings. The fourth-order valence-corrected chi connectivity index (χ4v) is 6.00. The molecule has 0 fully saturated rings. The van der Waals surface area contributed by atoms with Crippen molar-refractivity contribution in [1.82, 2.24) is 5.32 Å². The van der Waals surface area contributed by atoms with Gasteiger partial charge in [0.25, 0.3) is 0 Å². The first kappa shape index (κ1) is 22.6. The van der Waals surface area contributed by atoms with E-state index in [1.807, 2.05) is 0 Å². The highest BCUT2D eigenvalue weighted by atomic mass is 32.2. The van der Waals surface area contributed by atoms with E-state index < -0.39 is 0 Å². The monoisotopic (exact) mass is 474 g/mol. The van der Waals surface area contributed by atoms with E-state index in [0.29, 0.717) is 40.3 Å². The maximum absolute atomic E-state index is 13.4. The maximum atomic E-state index is 13.4. The number of ketones is 2. The molecular formula is C27H26N2O4S. The molecular weight excluding hydrogens is 448 g/mol. The Bertz CT molecular complexity index is 1290. The Labute approximate surface area is 202 Å². The van der Waals surface area contributed by atoms with Gasteiger partial charge in [-0.2, -0.15) is 0 Å². The lowest BCUT2D eigenvalue weighted by Gasteiger charge is -2.38. The number of benzene rings is 2. The standard InChI is InChI=1S/C27H26N2O4S/c1-4-33-26(32)21-14-34-25-19(12-27(2,3)13-20(25)29-21)28-18-11-7-10-17-22(18)24(31)16-9-6-5-8-15(16)23(17)30/h5-11,21,29H,4,12-14H2,1-3H3/b28-19+. The summed E-state index contributed by atoms with van der Waals surface area (Å²) in [6.07, 6.45) is 1.52. The summed E-state index contributed by atoms with van der Waals surface area (Å²) in [6, 6.07) is 11.8. The number of aliphatic imine (C=N–C) groups is 1. The van der Waals surface area contributed by atoms with E-state index >= 15 is 0 Å². The number of carbonyl (C=O) groups is 3. The molecule has 1 N–H and O–H groups in total. The van der Waals surface area contributed by atoms with Crippen LogP contribution in [0.2, 0.25) is 0 Å². The van der Waals surface area contributed by atoms with Gasteiger partial charge in [0.2, 0.25) is 0 Å². The average Bonchev–Trinajstić information content (AvgIpc) is 2.81. The number of carbonyl (C=O) groups excluding carboxylic acids is 3. The van der Waals surface area contributed by atoms with Crippen molar-refractivity contribution in [3.05, 3.63) is 75.3 Å². The highest BCUT2D eigenvalue weighted by Crippen LogP contribution is 2.44. The highest BCUT2D eigenvalue weighted by molar-refractivity contribution is 8.04. The van der Waals surface area contributed by atoms with Crippen LogP contribution < -0.4 is 5.32 Å². The minimum atomic E-state index is -0.390. The number of nitrogens with zero attached hydrogens (tertiary/aromatic N) is 1. The Hall–Kier alpha value is -3.19. The molecule has 2 aromatic rings. The highest BCUT2D eigenvalue weighted by Gasteiger charge is 2.38. The zero-order valence-corrected chi connectivity index (χ0v) is 20.3. The molecule has 34 heavy (non-hydrogen) atoms. The predicted octanol–water partition coefficient (Wildman–Crippen LogP) is 4.83. The third-order valence-corrected chi connectivity index (χ3v) is 7.61. The van der Waals surface area contributed by atoms with E-state index in [2.05, 4.69) is 19.2 Å². The van der Waals surface area contributed by atoms with Crippen LogP contribution in [-0.4, -0.2) is 41.6 Å². The Balaban J connectivity index is 1.58. The maximum Gasteiger partial charge on any atom is 0.329 e. The third kappa shape index (κ3) is 3.88. The summed E-state index contributed by atoms with van der Waals surface area (Å²) in [4.78, 5) is 44.8. The van der Waals surface area contributed by atoms with Crippen molar-refractivity contribution >= 4 is 40.7 Å². The minimum Gasteiger partial charge on any atom is -0.464 e. The Morgan fingerprint density at radius 3 is 2.50 bits per heavy atom. The summed E-state index contributed by atoms with van der Waals surface area (Å²) in [5.41, 5.74) is 3.91. The summed E-state index contributed by atoms with van der Waals surface area (Å²) in [5, 5.41) is 3.38. The van der Waals surface area contributed by atoms with Gasteiger partial charge in [0, 0.05) is 33.0 Å². The number of fused-ring (bicyclic) bond motifs is 2. The van der Waals surface area contributed by atoms with Crippen LogP contribution in [0.3, 0.4) is 0 Å². The second kappa shape index (κ2) is 8.55. The van der Waals surface area contributed by atoms with Gasteiger partial charge in [-0.05, 0) is 31.2 Å². The van der Waals surface area contributed by atoms with Gasteiger partial charge in [-0.1, -0.05) is 50.2 Å². The number of nitrogens with one attached hydrogen (secondary N) is 1. The molecule has 1 atom stereocenters. The van der Waals surface area contributed by atoms with Gasteiger partial charge in [-0.3, -0.25) is 14.6 Å². The normalized spacial score (nSPS) is 22.0. The van der Waals surface area contributed by atoms with Crippen LogP contribution in [0.25, 0.3) is 0 Å². The molecule has 0 saturated heterocycles. The second-order valence-electron chi connectivity index (χ2n) is 9.55. The number of allylic oxidation sites excluding steroid dienone is 2. The quantitative estimate of drug-likeness (QED) is 0.547. The number of esters is 1. The van der Waals surface area contributed by atoms with E-state index in [0.717, 1.165) is 29.2 Å². The smallest absolute Gasteiger partial charge is 0.329 e. The Kier molecular flexibility index (Phi) is 5.68. The Morgan fingerprint density at radius 2 is 1.76 bits per heavy atom. The second-order valence-corrected chi connectivity index (χ2v) is 10.6. The number of thioether (sulfide) groups is 1. The summed E-state index contributed by atoms with van der Waals surface area (Å²) < 4.78 is 5.21. The van der Waals surface area contributed by atoms with Gasteiger partial charge in [0.1, 0.15) is 6.04 Å². The molecule has 0 spiro atoms. The van der Waals surface area contributed by atoms with Crippen LogP contribution in [0, 0.1) is 5.41 Å². The molecule has 1 unspecified atom stereocenters. The molecule has 1 heterocycles. The van der Waals surface area contributed by atoms with Gasteiger partial charge in [0.15, 0.2) is 11.6 Å². The molecule has 0 aromatic heterocycles. The van der Waals surface area contributed by atoms with E-state index in [9.17, 15) is 14.4 Å². The molecule has 0 amide bonds. The number of ether oxygens (including phenoxy) is 1. The van der Waals surface area contributed by atoms with Gasteiger partial charge in [0.05, 0.1) is 23.6 Å². The first-order chi connectivity index (χ1) is 16.3. The summed E-state index contributed by atoms with van der Waals surface area (Å²) >= 11 is 1.60. The fourth-order valence-electron chi connectivity index (χ4n) is 4.86.